The number of nitrogens with zero attached hydrogens (tertiary/aromatic N) is 1. The molecular weight excluding hydrogens is 518 g/mol. The van der Waals surface area contributed by atoms with E-state index >= 15 is 0 Å². The topological polar surface area (TPSA) is 4.93 Å². The zero-order valence-electron chi connectivity index (χ0n) is 23.5. The average Bonchev–Trinajstić information content (AvgIpc) is 3.43. The standard InChI is InChI=1S/C42H27N/c1-2-12-28(13-3-1)29-14-10-15-31(26-29)43-40-22-9-8-20-38(40)42-32(21-11-23-41(42)43)30-24-25-37-35-18-5-4-16-33(35)34-17-6-7-19-36(34)39(37)27-30/h1-27H. The van der Waals surface area contributed by atoms with E-state index in [0.717, 1.165) is 0 Å². The van der Waals surface area contributed by atoms with Gasteiger partial charge in [0.2, 0.25) is 0 Å². The molecule has 0 saturated carbocycles. The summed E-state index contributed by atoms with van der Waals surface area (Å²) in [5.74, 6) is 0. The summed E-state index contributed by atoms with van der Waals surface area (Å²) in [5.41, 5.74) is 8.53. The van der Waals surface area contributed by atoms with Gasteiger partial charge in [-0.25, -0.2) is 0 Å². The highest BCUT2D eigenvalue weighted by atomic mass is 15.0. The third kappa shape index (κ3) is 3.65. The summed E-state index contributed by atoms with van der Waals surface area (Å²) in [7, 11) is 0. The molecule has 9 aromatic rings. The molecule has 0 saturated heterocycles. The number of para-hydroxylation sites is 1. The molecule has 0 unspecified atom stereocenters. The Morgan fingerprint density at radius 3 is 1.60 bits per heavy atom. The third-order valence-corrected chi connectivity index (χ3v) is 8.96. The first-order valence-corrected chi connectivity index (χ1v) is 14.9. The zero-order valence-corrected chi connectivity index (χ0v) is 23.5. The molecule has 0 fully saturated rings. The van der Waals surface area contributed by atoms with Crippen LogP contribution in [0.2, 0.25) is 0 Å². The summed E-state index contributed by atoms with van der Waals surface area (Å²) < 4.78 is 2.42. The van der Waals surface area contributed by atoms with Crippen LogP contribution in [0.3, 0.4) is 0 Å². The van der Waals surface area contributed by atoms with Gasteiger partial charge in [0.1, 0.15) is 0 Å². The smallest absolute Gasteiger partial charge is 0.0547 e. The van der Waals surface area contributed by atoms with Crippen LogP contribution >= 0.6 is 0 Å². The maximum Gasteiger partial charge on any atom is 0.0547 e. The second-order valence-corrected chi connectivity index (χ2v) is 11.3. The lowest BCUT2D eigenvalue weighted by Crippen LogP contribution is -1.94. The van der Waals surface area contributed by atoms with Crippen molar-refractivity contribution in [3.05, 3.63) is 164 Å². The Hall–Kier alpha value is -5.66. The highest BCUT2D eigenvalue weighted by molar-refractivity contribution is 6.26. The highest BCUT2D eigenvalue weighted by Crippen LogP contribution is 2.42. The van der Waals surface area contributed by atoms with Gasteiger partial charge in [0.05, 0.1) is 11.0 Å². The monoisotopic (exact) mass is 545 g/mol. The van der Waals surface area contributed by atoms with Crippen molar-refractivity contribution >= 4 is 54.1 Å². The lowest BCUT2D eigenvalue weighted by atomic mass is 9.91. The molecule has 0 amide bonds. The van der Waals surface area contributed by atoms with E-state index in [1.807, 2.05) is 0 Å². The van der Waals surface area contributed by atoms with Gasteiger partial charge in [-0.05, 0) is 84.9 Å². The maximum atomic E-state index is 2.42. The molecule has 0 bridgehead atoms. The van der Waals surface area contributed by atoms with E-state index in [1.54, 1.807) is 0 Å². The largest absolute Gasteiger partial charge is 0.309 e. The fraction of sp³-hybridized carbons (Fsp3) is 0. The van der Waals surface area contributed by atoms with Gasteiger partial charge in [-0.3, -0.25) is 0 Å². The maximum absolute atomic E-state index is 2.42. The molecule has 0 aliphatic rings. The van der Waals surface area contributed by atoms with E-state index in [2.05, 4.69) is 168 Å². The van der Waals surface area contributed by atoms with Gasteiger partial charge in [-0.15, -0.1) is 0 Å². The number of hydrogen-bond donors (Lipinski definition) is 0. The first-order valence-electron chi connectivity index (χ1n) is 14.9. The lowest BCUT2D eigenvalue weighted by Gasteiger charge is -2.13. The Morgan fingerprint density at radius 2 is 0.860 bits per heavy atom. The van der Waals surface area contributed by atoms with Gasteiger partial charge >= 0.3 is 0 Å². The SMILES string of the molecule is c1ccc(-c2cccc(-n3c4ccccc4c4c(-c5ccc6c7ccccc7c7ccccc7c6c5)cccc43)c2)cc1. The molecule has 1 aromatic heterocycles. The van der Waals surface area contributed by atoms with Crippen molar-refractivity contribution in [2.24, 2.45) is 0 Å². The van der Waals surface area contributed by atoms with Crippen molar-refractivity contribution in [2.45, 2.75) is 0 Å². The van der Waals surface area contributed by atoms with Gasteiger partial charge < -0.3 is 4.57 Å². The summed E-state index contributed by atoms with van der Waals surface area (Å²) in [6.07, 6.45) is 0. The summed E-state index contributed by atoms with van der Waals surface area (Å²) in [5, 5.41) is 10.3. The minimum Gasteiger partial charge on any atom is -0.309 e. The molecule has 9 rings (SSSR count). The first kappa shape index (κ1) is 24.0. The molecule has 1 nitrogen and oxygen atoms in total. The summed E-state index contributed by atoms with van der Waals surface area (Å²) in [4.78, 5) is 0. The molecule has 200 valence electrons. The van der Waals surface area contributed by atoms with Gasteiger partial charge in [0, 0.05) is 16.5 Å². The normalized spacial score (nSPS) is 11.7. The fourth-order valence-corrected chi connectivity index (χ4v) is 7.07. The van der Waals surface area contributed by atoms with Crippen LogP contribution in [-0.4, -0.2) is 4.57 Å². The van der Waals surface area contributed by atoms with Crippen LogP contribution in [0.25, 0.3) is 82.1 Å². The van der Waals surface area contributed by atoms with Crippen LogP contribution in [0.5, 0.6) is 0 Å². The van der Waals surface area contributed by atoms with E-state index in [9.17, 15) is 0 Å². The van der Waals surface area contributed by atoms with Gasteiger partial charge in [-0.1, -0.05) is 133 Å². The number of aromatic nitrogens is 1. The Labute approximate surface area is 249 Å². The zero-order chi connectivity index (χ0) is 28.3. The van der Waals surface area contributed by atoms with Gasteiger partial charge in [0.15, 0.2) is 0 Å². The van der Waals surface area contributed by atoms with Crippen molar-refractivity contribution in [1.82, 2.24) is 4.57 Å². The van der Waals surface area contributed by atoms with Crippen molar-refractivity contribution < 1.29 is 0 Å². The second kappa shape index (κ2) is 9.44. The molecule has 0 spiro atoms. The first-order chi connectivity index (χ1) is 21.3. The second-order valence-electron chi connectivity index (χ2n) is 11.3. The molecule has 0 N–H and O–H groups in total. The highest BCUT2D eigenvalue weighted by Gasteiger charge is 2.17. The molecule has 1 heteroatoms. The number of hydrogen-bond acceptors (Lipinski definition) is 0. The lowest BCUT2D eigenvalue weighted by molar-refractivity contribution is 1.18. The van der Waals surface area contributed by atoms with Crippen molar-refractivity contribution in [3.8, 4) is 27.9 Å². The van der Waals surface area contributed by atoms with Crippen LogP contribution in [0.15, 0.2) is 164 Å². The van der Waals surface area contributed by atoms with Gasteiger partial charge in [-0.2, -0.15) is 0 Å². The average molecular weight is 546 g/mol. The van der Waals surface area contributed by atoms with E-state index in [-0.39, 0.29) is 0 Å². The molecule has 0 atom stereocenters. The van der Waals surface area contributed by atoms with Gasteiger partial charge in [0.25, 0.3) is 0 Å². The fourth-order valence-electron chi connectivity index (χ4n) is 7.07. The Bertz CT molecular complexity index is 2460. The quantitative estimate of drug-likeness (QED) is 0.195. The van der Waals surface area contributed by atoms with Crippen LogP contribution in [0, 0.1) is 0 Å². The molecule has 43 heavy (non-hydrogen) atoms. The Kier molecular flexibility index (Phi) is 5.27. The van der Waals surface area contributed by atoms with E-state index in [1.165, 1.54) is 82.1 Å². The minimum absolute atomic E-state index is 1.17. The number of benzene rings is 8. The summed E-state index contributed by atoms with van der Waals surface area (Å²) >= 11 is 0. The molecule has 0 aliphatic carbocycles. The Morgan fingerprint density at radius 1 is 0.302 bits per heavy atom. The predicted molar refractivity (Wildman–Crippen MR) is 184 cm³/mol. The molecule has 0 aliphatic heterocycles. The molecule has 8 aromatic carbocycles. The van der Waals surface area contributed by atoms with E-state index < -0.39 is 0 Å². The summed E-state index contributed by atoms with van der Waals surface area (Å²) in [6, 6.07) is 59.7. The van der Waals surface area contributed by atoms with E-state index in [0.29, 0.717) is 0 Å². The minimum atomic E-state index is 1.17. The molecular formula is C42H27N. The molecule has 1 heterocycles. The third-order valence-electron chi connectivity index (χ3n) is 8.96. The van der Waals surface area contributed by atoms with Crippen LogP contribution in [-0.2, 0) is 0 Å². The summed E-state index contributed by atoms with van der Waals surface area (Å²) in [6.45, 7) is 0. The van der Waals surface area contributed by atoms with Crippen LogP contribution in [0.4, 0.5) is 0 Å². The van der Waals surface area contributed by atoms with Crippen molar-refractivity contribution in [1.29, 1.82) is 0 Å². The van der Waals surface area contributed by atoms with Crippen molar-refractivity contribution in [2.75, 3.05) is 0 Å². The molecule has 0 radical (unpaired) electrons. The van der Waals surface area contributed by atoms with Crippen LogP contribution < -0.4 is 0 Å². The number of fused-ring (bicyclic) bond motifs is 9. The van der Waals surface area contributed by atoms with Crippen molar-refractivity contribution in [3.63, 3.8) is 0 Å². The van der Waals surface area contributed by atoms with E-state index in [4.69, 9.17) is 0 Å². The van der Waals surface area contributed by atoms with Crippen LogP contribution in [0.1, 0.15) is 0 Å². The predicted octanol–water partition coefficient (Wildman–Crippen LogP) is 11.6. The number of rotatable bonds is 3. The Balaban J connectivity index is 1.32.